The quantitative estimate of drug-likeness (QED) is 0.376. The van der Waals surface area contributed by atoms with Gasteiger partial charge >= 0.3 is 0 Å². The molecule has 0 atom stereocenters. The van der Waals surface area contributed by atoms with Gasteiger partial charge in [0, 0.05) is 5.54 Å². The number of hydrogen-bond donors (Lipinski definition) is 0. The van der Waals surface area contributed by atoms with Crippen molar-refractivity contribution in [2.45, 2.75) is 47.1 Å². The van der Waals surface area contributed by atoms with Gasteiger partial charge in [0.15, 0.2) is 8.07 Å². The lowest BCUT2D eigenvalue weighted by Gasteiger charge is -2.42. The van der Waals surface area contributed by atoms with Crippen LogP contribution in [0.2, 0.25) is 5.54 Å². The van der Waals surface area contributed by atoms with Crippen LogP contribution in [0.3, 0.4) is 0 Å². The van der Waals surface area contributed by atoms with Crippen molar-refractivity contribution in [3.63, 3.8) is 0 Å². The third-order valence-corrected chi connectivity index (χ3v) is 13.2. The van der Waals surface area contributed by atoms with Crippen LogP contribution in [-0.2, 0) is 0 Å². The molecule has 0 fully saturated rings. The number of hydrogen-bond acceptors (Lipinski definition) is 0. The van der Waals surface area contributed by atoms with Gasteiger partial charge < -0.3 is 0 Å². The van der Waals surface area contributed by atoms with Gasteiger partial charge in [-0.05, 0) is 68.2 Å². The highest BCUT2D eigenvalue weighted by molar-refractivity contribution is 7.13. The molecule has 0 heterocycles. The van der Waals surface area contributed by atoms with E-state index in [0.29, 0.717) is 5.54 Å². The first-order chi connectivity index (χ1) is 14.4. The molecule has 0 spiro atoms. The Morgan fingerprint density at radius 2 is 0.900 bits per heavy atom. The summed E-state index contributed by atoms with van der Waals surface area (Å²) in [5.41, 5.74) is 9.32. The lowest BCUT2D eigenvalue weighted by atomic mass is 10.1. The van der Waals surface area contributed by atoms with E-state index in [1.54, 1.807) is 16.3 Å². The van der Waals surface area contributed by atoms with E-state index in [4.69, 9.17) is 0 Å². The summed E-state index contributed by atoms with van der Waals surface area (Å²) in [4.78, 5) is 0. The largest absolute Gasteiger partial charge is 0.159 e. The SMILES string of the molecule is CC1=C(C)C([Si](c2ccccc2)(c2ccccc2)c2c(C)cccc2C)C(C)=C1C. The second-order valence-corrected chi connectivity index (χ2v) is 12.7. The van der Waals surface area contributed by atoms with Crippen LogP contribution in [0.4, 0.5) is 0 Å². The molecule has 0 saturated heterocycles. The normalized spacial score (nSPS) is 15.3. The Labute approximate surface area is 183 Å². The number of aryl methyl sites for hydroxylation is 2. The molecule has 0 aromatic heterocycles. The Kier molecular flexibility index (Phi) is 5.42. The third-order valence-electron chi connectivity index (χ3n) is 7.38. The predicted octanol–water partition coefficient (Wildman–Crippen LogP) is 5.83. The van der Waals surface area contributed by atoms with Gasteiger partial charge in [-0.1, -0.05) is 101 Å². The third kappa shape index (κ3) is 2.95. The Balaban J connectivity index is 2.23. The molecule has 0 unspecified atom stereocenters. The van der Waals surface area contributed by atoms with Crippen molar-refractivity contribution in [3.05, 3.63) is 112 Å². The van der Waals surface area contributed by atoms with Crippen LogP contribution in [0.1, 0.15) is 38.8 Å². The minimum atomic E-state index is -2.41. The maximum absolute atomic E-state index is 2.41. The fourth-order valence-corrected chi connectivity index (χ4v) is 12.2. The Bertz CT molecular complexity index is 1050. The van der Waals surface area contributed by atoms with Gasteiger partial charge in [0.25, 0.3) is 0 Å². The summed E-state index contributed by atoms with van der Waals surface area (Å²) in [5.74, 6) is 0. The monoisotopic (exact) mass is 408 g/mol. The summed E-state index contributed by atoms with van der Waals surface area (Å²) >= 11 is 0. The van der Waals surface area contributed by atoms with E-state index in [2.05, 4.69) is 120 Å². The smallest absolute Gasteiger partial charge is 0.0647 e. The average molecular weight is 409 g/mol. The molecule has 3 aromatic rings. The van der Waals surface area contributed by atoms with Crippen LogP contribution in [0.5, 0.6) is 0 Å². The molecule has 0 N–H and O–H groups in total. The first kappa shape index (κ1) is 20.6. The number of rotatable bonds is 4. The van der Waals surface area contributed by atoms with Gasteiger partial charge in [-0.15, -0.1) is 0 Å². The molecular weight excluding hydrogens is 376 g/mol. The second-order valence-electron chi connectivity index (χ2n) is 8.86. The zero-order valence-corrected chi connectivity index (χ0v) is 20.1. The average Bonchev–Trinajstić information content (AvgIpc) is 2.95. The molecule has 152 valence electrons. The van der Waals surface area contributed by atoms with Crippen LogP contribution in [0.15, 0.2) is 101 Å². The van der Waals surface area contributed by atoms with Crippen LogP contribution < -0.4 is 15.6 Å². The Hall–Kier alpha value is -2.64. The zero-order valence-electron chi connectivity index (χ0n) is 19.1. The molecule has 1 aliphatic carbocycles. The molecule has 1 heteroatoms. The zero-order chi connectivity index (χ0) is 21.5. The van der Waals surface area contributed by atoms with Crippen molar-refractivity contribution in [3.8, 4) is 0 Å². The first-order valence-electron chi connectivity index (χ1n) is 10.9. The van der Waals surface area contributed by atoms with Crippen molar-refractivity contribution < 1.29 is 0 Å². The maximum atomic E-state index is 2.38. The summed E-state index contributed by atoms with van der Waals surface area (Å²) in [6.45, 7) is 14.0. The maximum Gasteiger partial charge on any atom is 0.159 e. The lowest BCUT2D eigenvalue weighted by molar-refractivity contribution is 1.09. The van der Waals surface area contributed by atoms with Crippen molar-refractivity contribution >= 4 is 23.6 Å². The van der Waals surface area contributed by atoms with Gasteiger partial charge in [0.1, 0.15) is 0 Å². The second kappa shape index (κ2) is 7.89. The van der Waals surface area contributed by atoms with Crippen LogP contribution >= 0.6 is 0 Å². The summed E-state index contributed by atoms with van der Waals surface area (Å²) in [5, 5.41) is 4.58. The molecule has 4 rings (SSSR count). The highest BCUT2D eigenvalue weighted by Crippen LogP contribution is 2.46. The predicted molar refractivity (Wildman–Crippen MR) is 134 cm³/mol. The van der Waals surface area contributed by atoms with Crippen LogP contribution in [0, 0.1) is 13.8 Å². The van der Waals surface area contributed by atoms with Crippen molar-refractivity contribution in [2.75, 3.05) is 0 Å². The number of benzene rings is 3. The minimum absolute atomic E-state index is 0.432. The van der Waals surface area contributed by atoms with Gasteiger partial charge in [0.05, 0.1) is 0 Å². The molecular formula is C29H32Si. The highest BCUT2D eigenvalue weighted by Gasteiger charge is 2.51. The first-order valence-corrected chi connectivity index (χ1v) is 13.0. The van der Waals surface area contributed by atoms with E-state index < -0.39 is 8.07 Å². The molecule has 0 amide bonds. The molecule has 0 saturated carbocycles. The van der Waals surface area contributed by atoms with E-state index in [1.807, 2.05) is 0 Å². The summed E-state index contributed by atoms with van der Waals surface area (Å²) in [6, 6.07) is 29.5. The van der Waals surface area contributed by atoms with Crippen LogP contribution in [0.25, 0.3) is 0 Å². The molecule has 0 bridgehead atoms. The van der Waals surface area contributed by atoms with E-state index in [1.165, 1.54) is 32.6 Å². The van der Waals surface area contributed by atoms with Crippen molar-refractivity contribution in [1.82, 2.24) is 0 Å². The van der Waals surface area contributed by atoms with E-state index in [-0.39, 0.29) is 0 Å². The minimum Gasteiger partial charge on any atom is -0.0647 e. The van der Waals surface area contributed by atoms with Crippen LogP contribution in [-0.4, -0.2) is 8.07 Å². The topological polar surface area (TPSA) is 0 Å². The van der Waals surface area contributed by atoms with Gasteiger partial charge in [-0.3, -0.25) is 0 Å². The fraction of sp³-hybridized carbons (Fsp3) is 0.241. The standard InChI is InChI=1S/C29H32Si/c1-20-14-13-15-21(2)28(20)30(26-16-9-7-10-17-26,27-18-11-8-12-19-27)29-24(5)22(3)23(4)25(29)6/h7-19,29H,1-6H3. The molecule has 30 heavy (non-hydrogen) atoms. The van der Waals surface area contributed by atoms with Gasteiger partial charge in [-0.2, -0.15) is 0 Å². The molecule has 1 aliphatic rings. The van der Waals surface area contributed by atoms with Gasteiger partial charge in [-0.25, -0.2) is 0 Å². The molecule has 0 aliphatic heterocycles. The highest BCUT2D eigenvalue weighted by atomic mass is 28.3. The Morgan fingerprint density at radius 3 is 1.30 bits per heavy atom. The Morgan fingerprint density at radius 1 is 0.500 bits per heavy atom. The van der Waals surface area contributed by atoms with Crippen molar-refractivity contribution in [1.29, 1.82) is 0 Å². The van der Waals surface area contributed by atoms with E-state index in [0.717, 1.165) is 0 Å². The molecule has 0 nitrogen and oxygen atoms in total. The lowest BCUT2D eigenvalue weighted by Crippen LogP contribution is -2.71. The molecule has 3 aromatic carbocycles. The van der Waals surface area contributed by atoms with Crippen molar-refractivity contribution in [2.24, 2.45) is 0 Å². The fourth-order valence-electron chi connectivity index (χ4n) is 5.77. The van der Waals surface area contributed by atoms with E-state index in [9.17, 15) is 0 Å². The van der Waals surface area contributed by atoms with Gasteiger partial charge in [0.2, 0.25) is 0 Å². The number of allylic oxidation sites excluding steroid dienone is 4. The summed E-state index contributed by atoms with van der Waals surface area (Å²) in [6.07, 6.45) is 0. The van der Waals surface area contributed by atoms with E-state index >= 15 is 0 Å². The summed E-state index contributed by atoms with van der Waals surface area (Å²) in [7, 11) is -2.41. The molecule has 0 radical (unpaired) electrons. The summed E-state index contributed by atoms with van der Waals surface area (Å²) < 4.78 is 0.